The van der Waals surface area contributed by atoms with Gasteiger partial charge in [0, 0.05) is 32.1 Å². The summed E-state index contributed by atoms with van der Waals surface area (Å²) < 4.78 is 5.80. The molecule has 1 saturated heterocycles. The van der Waals surface area contributed by atoms with Crippen LogP contribution in [0.4, 0.5) is 0 Å². The minimum Gasteiger partial charge on any atom is -0.483 e. The summed E-state index contributed by atoms with van der Waals surface area (Å²) in [5.41, 5.74) is 3.28. The Hall–Kier alpha value is -2.04. The Kier molecular flexibility index (Phi) is 5.86. The standard InChI is InChI=1S/C19H28N2O3/c1-13(2)19(23)21-10-8-20(9-11-21)17(22)12-24-18-15(4)7-6-14(3)16(18)5/h6-7,13H,8-12H2,1-5H3. The number of nitrogens with zero attached hydrogens (tertiary/aromatic N) is 2. The third kappa shape index (κ3) is 4.08. The highest BCUT2D eigenvalue weighted by molar-refractivity contribution is 5.80. The molecule has 0 atom stereocenters. The van der Waals surface area contributed by atoms with E-state index in [1.165, 1.54) is 0 Å². The largest absolute Gasteiger partial charge is 0.483 e. The summed E-state index contributed by atoms with van der Waals surface area (Å²) in [7, 11) is 0. The molecule has 0 N–H and O–H groups in total. The number of amides is 2. The highest BCUT2D eigenvalue weighted by Gasteiger charge is 2.25. The Labute approximate surface area is 144 Å². The number of rotatable bonds is 4. The molecule has 1 fully saturated rings. The van der Waals surface area contributed by atoms with Gasteiger partial charge >= 0.3 is 0 Å². The summed E-state index contributed by atoms with van der Waals surface area (Å²) in [5.74, 6) is 0.941. The van der Waals surface area contributed by atoms with Gasteiger partial charge in [0.2, 0.25) is 5.91 Å². The zero-order valence-corrected chi connectivity index (χ0v) is 15.4. The molecule has 5 heteroatoms. The van der Waals surface area contributed by atoms with Gasteiger partial charge in [0.15, 0.2) is 6.61 Å². The Morgan fingerprint density at radius 1 is 1.00 bits per heavy atom. The van der Waals surface area contributed by atoms with E-state index in [0.29, 0.717) is 26.2 Å². The highest BCUT2D eigenvalue weighted by atomic mass is 16.5. The minimum absolute atomic E-state index is 0.00264. The first kappa shape index (κ1) is 18.3. The van der Waals surface area contributed by atoms with Crippen molar-refractivity contribution in [1.82, 2.24) is 9.80 Å². The number of benzene rings is 1. The van der Waals surface area contributed by atoms with Crippen LogP contribution in [-0.2, 0) is 9.59 Å². The van der Waals surface area contributed by atoms with E-state index in [1.807, 2.05) is 45.6 Å². The maximum absolute atomic E-state index is 12.4. The fraction of sp³-hybridized carbons (Fsp3) is 0.579. The van der Waals surface area contributed by atoms with Crippen LogP contribution in [0.2, 0.25) is 0 Å². The zero-order valence-electron chi connectivity index (χ0n) is 15.4. The lowest BCUT2D eigenvalue weighted by Crippen LogP contribution is -2.52. The normalized spacial score (nSPS) is 14.9. The smallest absolute Gasteiger partial charge is 0.260 e. The second-order valence-corrected chi connectivity index (χ2v) is 6.80. The molecule has 1 aliphatic rings. The molecule has 0 aliphatic carbocycles. The average Bonchev–Trinajstić information content (AvgIpc) is 2.57. The van der Waals surface area contributed by atoms with E-state index in [2.05, 4.69) is 6.07 Å². The van der Waals surface area contributed by atoms with Gasteiger partial charge in [-0.1, -0.05) is 26.0 Å². The molecule has 0 aromatic heterocycles. The van der Waals surface area contributed by atoms with Gasteiger partial charge in [-0.15, -0.1) is 0 Å². The molecule has 1 aromatic carbocycles. The molecule has 132 valence electrons. The average molecular weight is 332 g/mol. The van der Waals surface area contributed by atoms with Crippen molar-refractivity contribution in [2.45, 2.75) is 34.6 Å². The van der Waals surface area contributed by atoms with Crippen molar-refractivity contribution in [3.05, 3.63) is 28.8 Å². The Bertz CT molecular complexity index is 617. The van der Waals surface area contributed by atoms with Crippen molar-refractivity contribution in [3.8, 4) is 5.75 Å². The molecule has 1 heterocycles. The number of carbonyl (C=O) groups is 2. The first-order chi connectivity index (χ1) is 11.3. The van der Waals surface area contributed by atoms with Crippen LogP contribution < -0.4 is 4.74 Å². The van der Waals surface area contributed by atoms with Gasteiger partial charge < -0.3 is 14.5 Å². The monoisotopic (exact) mass is 332 g/mol. The van der Waals surface area contributed by atoms with E-state index in [1.54, 1.807) is 4.90 Å². The van der Waals surface area contributed by atoms with Crippen molar-refractivity contribution in [2.75, 3.05) is 32.8 Å². The number of aryl methyl sites for hydroxylation is 2. The summed E-state index contributed by atoms with van der Waals surface area (Å²) >= 11 is 0. The van der Waals surface area contributed by atoms with E-state index in [0.717, 1.165) is 22.4 Å². The molecule has 0 saturated carbocycles. The van der Waals surface area contributed by atoms with Crippen LogP contribution in [0.5, 0.6) is 5.75 Å². The molecular weight excluding hydrogens is 304 g/mol. The van der Waals surface area contributed by atoms with E-state index >= 15 is 0 Å². The van der Waals surface area contributed by atoms with Gasteiger partial charge in [0.25, 0.3) is 5.91 Å². The molecule has 1 aromatic rings. The predicted molar refractivity (Wildman–Crippen MR) is 94.1 cm³/mol. The zero-order chi connectivity index (χ0) is 17.9. The number of piperazine rings is 1. The Morgan fingerprint density at radius 2 is 1.54 bits per heavy atom. The van der Waals surface area contributed by atoms with Crippen molar-refractivity contribution >= 4 is 11.8 Å². The number of hydrogen-bond acceptors (Lipinski definition) is 3. The second kappa shape index (κ2) is 7.69. The second-order valence-electron chi connectivity index (χ2n) is 6.80. The molecule has 0 radical (unpaired) electrons. The molecule has 2 rings (SSSR count). The van der Waals surface area contributed by atoms with Gasteiger partial charge in [0.1, 0.15) is 5.75 Å². The van der Waals surface area contributed by atoms with E-state index < -0.39 is 0 Å². The minimum atomic E-state index is -0.0213. The number of ether oxygens (including phenoxy) is 1. The van der Waals surface area contributed by atoms with Crippen molar-refractivity contribution in [2.24, 2.45) is 5.92 Å². The summed E-state index contributed by atoms with van der Waals surface area (Å²) in [6, 6.07) is 4.07. The van der Waals surface area contributed by atoms with Crippen molar-refractivity contribution < 1.29 is 14.3 Å². The fourth-order valence-corrected chi connectivity index (χ4v) is 2.91. The SMILES string of the molecule is Cc1ccc(C)c(OCC(=O)N2CCN(C(=O)C(C)C)CC2)c1C. The quantitative estimate of drug-likeness (QED) is 0.850. The lowest BCUT2D eigenvalue weighted by molar-refractivity contribution is -0.142. The summed E-state index contributed by atoms with van der Waals surface area (Å²) in [4.78, 5) is 28.0. The Balaban J connectivity index is 1.89. The summed E-state index contributed by atoms with van der Waals surface area (Å²) in [5, 5.41) is 0. The van der Waals surface area contributed by atoms with Crippen molar-refractivity contribution in [1.29, 1.82) is 0 Å². The van der Waals surface area contributed by atoms with Crippen LogP contribution in [-0.4, -0.2) is 54.4 Å². The molecule has 5 nitrogen and oxygen atoms in total. The van der Waals surface area contributed by atoms with Gasteiger partial charge in [-0.25, -0.2) is 0 Å². The highest BCUT2D eigenvalue weighted by Crippen LogP contribution is 2.25. The molecular formula is C19H28N2O3. The van der Waals surface area contributed by atoms with Crippen LogP contribution in [0.25, 0.3) is 0 Å². The van der Waals surface area contributed by atoms with E-state index in [9.17, 15) is 9.59 Å². The number of hydrogen-bond donors (Lipinski definition) is 0. The summed E-state index contributed by atoms with van der Waals surface area (Å²) in [6.07, 6.45) is 0. The van der Waals surface area contributed by atoms with Gasteiger partial charge in [-0.3, -0.25) is 9.59 Å². The van der Waals surface area contributed by atoms with E-state index in [-0.39, 0.29) is 24.3 Å². The molecule has 0 spiro atoms. The van der Waals surface area contributed by atoms with Crippen LogP contribution in [0.3, 0.4) is 0 Å². The molecule has 2 amide bonds. The first-order valence-electron chi connectivity index (χ1n) is 8.57. The third-order valence-electron chi connectivity index (χ3n) is 4.65. The maximum atomic E-state index is 12.4. The van der Waals surface area contributed by atoms with Gasteiger partial charge in [-0.05, 0) is 37.5 Å². The van der Waals surface area contributed by atoms with E-state index in [4.69, 9.17) is 4.74 Å². The number of carbonyl (C=O) groups excluding carboxylic acids is 2. The van der Waals surface area contributed by atoms with Crippen molar-refractivity contribution in [3.63, 3.8) is 0 Å². The molecule has 24 heavy (non-hydrogen) atoms. The van der Waals surface area contributed by atoms with Crippen LogP contribution in [0.1, 0.15) is 30.5 Å². The van der Waals surface area contributed by atoms with Crippen LogP contribution in [0.15, 0.2) is 12.1 Å². The topological polar surface area (TPSA) is 49.9 Å². The molecule has 1 aliphatic heterocycles. The first-order valence-corrected chi connectivity index (χ1v) is 8.57. The van der Waals surface area contributed by atoms with Crippen LogP contribution in [0, 0.1) is 26.7 Å². The lowest BCUT2D eigenvalue weighted by atomic mass is 10.1. The third-order valence-corrected chi connectivity index (χ3v) is 4.65. The van der Waals surface area contributed by atoms with Crippen LogP contribution >= 0.6 is 0 Å². The lowest BCUT2D eigenvalue weighted by Gasteiger charge is -2.35. The summed E-state index contributed by atoms with van der Waals surface area (Å²) in [6.45, 7) is 12.2. The predicted octanol–water partition coefficient (Wildman–Crippen LogP) is 2.32. The molecule has 0 unspecified atom stereocenters. The van der Waals surface area contributed by atoms with Gasteiger partial charge in [-0.2, -0.15) is 0 Å². The Morgan fingerprint density at radius 3 is 2.12 bits per heavy atom. The maximum Gasteiger partial charge on any atom is 0.260 e. The molecule has 0 bridgehead atoms. The fourth-order valence-electron chi connectivity index (χ4n) is 2.91. The van der Waals surface area contributed by atoms with Gasteiger partial charge in [0.05, 0.1) is 0 Å².